The summed E-state index contributed by atoms with van der Waals surface area (Å²) in [6, 6.07) is 1.66. The van der Waals surface area contributed by atoms with Gasteiger partial charge in [0.1, 0.15) is 4.21 Å². The van der Waals surface area contributed by atoms with Crippen LogP contribution in [0.2, 0.25) is 5.02 Å². The fraction of sp³-hybridized carbons (Fsp3) is 0.714. The maximum Gasteiger partial charge on any atom is 0.250 e. The van der Waals surface area contributed by atoms with Crippen molar-refractivity contribution in [2.45, 2.75) is 42.4 Å². The van der Waals surface area contributed by atoms with Gasteiger partial charge in [0.15, 0.2) is 0 Å². The van der Waals surface area contributed by atoms with Gasteiger partial charge in [-0.2, -0.15) is 0 Å². The van der Waals surface area contributed by atoms with Gasteiger partial charge in [-0.1, -0.05) is 18.0 Å². The average Bonchev–Trinajstić information content (AvgIpc) is 3.11. The Morgan fingerprint density at radius 2 is 2.00 bits per heavy atom. The first-order chi connectivity index (χ1) is 9.95. The van der Waals surface area contributed by atoms with Crippen molar-refractivity contribution < 1.29 is 8.42 Å². The average molecular weight is 411 g/mol. The standard InChI is InChI=1S/C14H17BrClNO2S2/c15-14-11(16)6-13(20-14)21(18,19)17-12-5-7-4-10(12)9-3-1-2-8(7)9/h6-10,12,17H,1-5H2. The molecule has 116 valence electrons. The number of nitrogens with one attached hydrogen (secondary N) is 1. The minimum atomic E-state index is -3.44. The van der Waals surface area contributed by atoms with Crippen LogP contribution in [0.15, 0.2) is 14.1 Å². The zero-order valence-electron chi connectivity index (χ0n) is 11.4. The second-order valence-corrected chi connectivity index (χ2v) is 11.3. The maximum atomic E-state index is 12.5. The first-order valence-electron chi connectivity index (χ1n) is 7.43. The van der Waals surface area contributed by atoms with Crippen molar-refractivity contribution in [3.05, 3.63) is 14.9 Å². The van der Waals surface area contributed by atoms with Gasteiger partial charge in [0.25, 0.3) is 0 Å². The maximum absolute atomic E-state index is 12.5. The van der Waals surface area contributed by atoms with E-state index in [1.807, 2.05) is 0 Å². The molecule has 3 nitrogen and oxygen atoms in total. The third kappa shape index (κ3) is 2.42. The molecule has 1 heterocycles. The highest BCUT2D eigenvalue weighted by atomic mass is 79.9. The van der Waals surface area contributed by atoms with Crippen molar-refractivity contribution in [2.75, 3.05) is 0 Å². The van der Waals surface area contributed by atoms with Gasteiger partial charge < -0.3 is 0 Å². The summed E-state index contributed by atoms with van der Waals surface area (Å²) in [6.45, 7) is 0. The lowest BCUT2D eigenvalue weighted by Gasteiger charge is -2.31. The molecule has 3 aliphatic carbocycles. The second-order valence-electron chi connectivity index (χ2n) is 6.57. The van der Waals surface area contributed by atoms with Crippen LogP contribution in [-0.2, 0) is 10.0 Å². The van der Waals surface area contributed by atoms with Crippen LogP contribution in [0.1, 0.15) is 32.1 Å². The summed E-state index contributed by atoms with van der Waals surface area (Å²) < 4.78 is 29.0. The Kier molecular flexibility index (Phi) is 3.70. The number of rotatable bonds is 3. The number of fused-ring (bicyclic) bond motifs is 5. The molecule has 0 saturated heterocycles. The van der Waals surface area contributed by atoms with E-state index < -0.39 is 10.0 Å². The summed E-state index contributed by atoms with van der Waals surface area (Å²) in [4.78, 5) is 0. The van der Waals surface area contributed by atoms with Crippen molar-refractivity contribution in [3.63, 3.8) is 0 Å². The van der Waals surface area contributed by atoms with Gasteiger partial charge in [0, 0.05) is 6.04 Å². The van der Waals surface area contributed by atoms with Crippen molar-refractivity contribution >= 4 is 48.9 Å². The van der Waals surface area contributed by atoms with E-state index in [0.717, 1.165) is 24.2 Å². The molecule has 0 radical (unpaired) electrons. The van der Waals surface area contributed by atoms with E-state index in [1.165, 1.54) is 43.1 Å². The van der Waals surface area contributed by atoms with Crippen LogP contribution in [0.4, 0.5) is 0 Å². The van der Waals surface area contributed by atoms with Gasteiger partial charge in [0.2, 0.25) is 10.0 Å². The number of halogens is 2. The molecule has 3 fully saturated rings. The minimum absolute atomic E-state index is 0.124. The van der Waals surface area contributed by atoms with Crippen LogP contribution in [0.5, 0.6) is 0 Å². The molecule has 1 N–H and O–H groups in total. The molecule has 5 atom stereocenters. The third-order valence-electron chi connectivity index (χ3n) is 5.62. The monoisotopic (exact) mass is 409 g/mol. The number of thiophene rings is 1. The van der Waals surface area contributed by atoms with Gasteiger partial charge in [-0.25, -0.2) is 13.1 Å². The zero-order valence-corrected chi connectivity index (χ0v) is 15.4. The Morgan fingerprint density at radius 3 is 2.71 bits per heavy atom. The molecule has 0 aromatic carbocycles. The van der Waals surface area contributed by atoms with Gasteiger partial charge in [-0.15, -0.1) is 11.3 Å². The summed E-state index contributed by atoms with van der Waals surface area (Å²) >= 11 is 10.4. The van der Waals surface area contributed by atoms with Gasteiger partial charge >= 0.3 is 0 Å². The first kappa shape index (κ1) is 14.9. The van der Waals surface area contributed by atoms with Gasteiger partial charge in [-0.05, 0) is 71.4 Å². The lowest BCUT2D eigenvalue weighted by atomic mass is 9.79. The Labute approximate surface area is 142 Å². The highest BCUT2D eigenvalue weighted by molar-refractivity contribution is 9.11. The van der Waals surface area contributed by atoms with Crippen molar-refractivity contribution in [1.82, 2.24) is 4.72 Å². The fourth-order valence-corrected chi connectivity index (χ4v) is 8.64. The van der Waals surface area contributed by atoms with Gasteiger partial charge in [-0.3, -0.25) is 0 Å². The summed E-state index contributed by atoms with van der Waals surface area (Å²) in [5.74, 6) is 2.93. The lowest BCUT2D eigenvalue weighted by molar-refractivity contribution is 0.224. The molecule has 1 aromatic heterocycles. The smallest absolute Gasteiger partial charge is 0.207 e. The third-order valence-corrected chi connectivity index (χ3v) is 10.1. The van der Waals surface area contributed by atoms with E-state index in [2.05, 4.69) is 20.7 Å². The molecule has 0 aliphatic heterocycles. The molecule has 0 amide bonds. The molecular formula is C14H17BrClNO2S2. The Balaban J connectivity index is 1.54. The first-order valence-corrected chi connectivity index (χ1v) is 10.9. The normalized spacial score (nSPS) is 38.1. The molecule has 4 rings (SSSR count). The van der Waals surface area contributed by atoms with E-state index in [4.69, 9.17) is 11.6 Å². The second kappa shape index (κ2) is 5.20. The Morgan fingerprint density at radius 1 is 1.24 bits per heavy atom. The molecular weight excluding hydrogens is 394 g/mol. The van der Waals surface area contributed by atoms with Crippen LogP contribution in [-0.4, -0.2) is 14.5 Å². The quantitative estimate of drug-likeness (QED) is 0.809. The predicted molar refractivity (Wildman–Crippen MR) is 88.2 cm³/mol. The molecule has 3 saturated carbocycles. The molecule has 2 bridgehead atoms. The van der Waals surface area contributed by atoms with Crippen LogP contribution in [0, 0.1) is 23.7 Å². The van der Waals surface area contributed by atoms with Gasteiger partial charge in [0.05, 0.1) is 8.81 Å². The summed E-state index contributed by atoms with van der Waals surface area (Å²) in [7, 11) is -3.44. The highest BCUT2D eigenvalue weighted by Gasteiger charge is 2.54. The number of hydrogen-bond donors (Lipinski definition) is 1. The van der Waals surface area contributed by atoms with Crippen molar-refractivity contribution in [3.8, 4) is 0 Å². The van der Waals surface area contributed by atoms with E-state index >= 15 is 0 Å². The molecule has 1 aromatic rings. The Bertz CT molecular complexity index is 655. The van der Waals surface area contributed by atoms with E-state index in [9.17, 15) is 8.42 Å². The molecule has 5 unspecified atom stereocenters. The highest BCUT2D eigenvalue weighted by Crippen LogP contribution is 2.58. The molecule has 0 spiro atoms. The van der Waals surface area contributed by atoms with Crippen LogP contribution in [0.25, 0.3) is 0 Å². The van der Waals surface area contributed by atoms with E-state index in [-0.39, 0.29) is 6.04 Å². The summed E-state index contributed by atoms with van der Waals surface area (Å²) in [5.41, 5.74) is 0. The summed E-state index contributed by atoms with van der Waals surface area (Å²) in [6.07, 6.45) is 6.22. The predicted octanol–water partition coefficient (Wildman–Crippen LogP) is 4.27. The minimum Gasteiger partial charge on any atom is -0.207 e. The van der Waals surface area contributed by atoms with E-state index in [1.54, 1.807) is 0 Å². The molecule has 3 aliphatic rings. The topological polar surface area (TPSA) is 46.2 Å². The zero-order chi connectivity index (χ0) is 14.8. The SMILES string of the molecule is O=S(=O)(NC1CC2CC1C1CCCC21)c1cc(Cl)c(Br)s1. The number of hydrogen-bond acceptors (Lipinski definition) is 3. The van der Waals surface area contributed by atoms with Crippen LogP contribution >= 0.6 is 38.9 Å². The number of sulfonamides is 1. The molecule has 21 heavy (non-hydrogen) atoms. The molecule has 7 heteroatoms. The Hall–Kier alpha value is 0.380. The van der Waals surface area contributed by atoms with Crippen molar-refractivity contribution in [2.24, 2.45) is 23.7 Å². The summed E-state index contributed by atoms with van der Waals surface area (Å²) in [5, 5.41) is 0.462. The fourth-order valence-electron chi connectivity index (χ4n) is 4.92. The van der Waals surface area contributed by atoms with Crippen LogP contribution in [0.3, 0.4) is 0 Å². The lowest BCUT2D eigenvalue weighted by Crippen LogP contribution is -2.42. The van der Waals surface area contributed by atoms with Crippen molar-refractivity contribution in [1.29, 1.82) is 0 Å². The van der Waals surface area contributed by atoms with E-state index in [0.29, 0.717) is 18.9 Å². The largest absolute Gasteiger partial charge is 0.250 e. The van der Waals surface area contributed by atoms with Crippen LogP contribution < -0.4 is 4.72 Å².